The molecule has 0 unspecified atom stereocenters. The van der Waals surface area contributed by atoms with Gasteiger partial charge in [0.15, 0.2) is 11.6 Å². The van der Waals surface area contributed by atoms with Crippen molar-refractivity contribution in [3.63, 3.8) is 0 Å². The second-order valence-electron chi connectivity index (χ2n) is 3.45. The van der Waals surface area contributed by atoms with Gasteiger partial charge in [0.05, 0.1) is 18.5 Å². The molecule has 0 radical (unpaired) electrons. The molecule has 0 atom stereocenters. The number of benzene rings is 1. The van der Waals surface area contributed by atoms with Gasteiger partial charge in [-0.3, -0.25) is 0 Å². The maximum atomic E-state index is 13.5. The summed E-state index contributed by atoms with van der Waals surface area (Å²) in [6, 6.07) is 6.38. The van der Waals surface area contributed by atoms with E-state index in [4.69, 9.17) is 4.74 Å². The number of aryl methyl sites for hydroxylation is 1. The second kappa shape index (κ2) is 4.78. The Balaban J connectivity index is 2.37. The summed E-state index contributed by atoms with van der Waals surface area (Å²) in [5.41, 5.74) is 1.05. The fraction of sp³-hybridized carbons (Fsp3) is 0.167. The molecule has 4 nitrogen and oxygen atoms in total. The van der Waals surface area contributed by atoms with Gasteiger partial charge >= 0.3 is 0 Å². The summed E-state index contributed by atoms with van der Waals surface area (Å²) in [6.45, 7) is 1.80. The van der Waals surface area contributed by atoms with E-state index in [1.54, 1.807) is 25.1 Å². The van der Waals surface area contributed by atoms with Gasteiger partial charge in [0.2, 0.25) is 0 Å². The molecule has 17 heavy (non-hydrogen) atoms. The number of hydrogen-bond donors (Lipinski definition) is 1. The Morgan fingerprint density at radius 1 is 1.24 bits per heavy atom. The van der Waals surface area contributed by atoms with Crippen molar-refractivity contribution in [2.24, 2.45) is 0 Å². The predicted molar refractivity (Wildman–Crippen MR) is 63.0 cm³/mol. The maximum Gasteiger partial charge on any atom is 0.182 e. The summed E-state index contributed by atoms with van der Waals surface area (Å²) in [5, 5.41) is 2.88. The molecule has 1 aromatic heterocycles. The summed E-state index contributed by atoms with van der Waals surface area (Å²) in [7, 11) is 1.53. The van der Waals surface area contributed by atoms with Gasteiger partial charge in [0.1, 0.15) is 12.1 Å². The van der Waals surface area contributed by atoms with E-state index >= 15 is 0 Å². The molecule has 88 valence electrons. The molecule has 0 aliphatic heterocycles. The summed E-state index contributed by atoms with van der Waals surface area (Å²) < 4.78 is 18.6. The minimum atomic E-state index is -0.342. The van der Waals surface area contributed by atoms with E-state index in [2.05, 4.69) is 15.3 Å². The largest absolute Gasteiger partial charge is 0.491 e. The number of anilines is 2. The molecule has 0 aliphatic carbocycles. The Kier molecular flexibility index (Phi) is 3.18. The molecule has 0 aliphatic rings. The molecular formula is C12H12FN3O. The van der Waals surface area contributed by atoms with Crippen molar-refractivity contribution in [2.45, 2.75) is 6.92 Å². The van der Waals surface area contributed by atoms with Crippen LogP contribution in [0.3, 0.4) is 0 Å². The topological polar surface area (TPSA) is 47.0 Å². The third-order valence-electron chi connectivity index (χ3n) is 2.31. The summed E-state index contributed by atoms with van der Waals surface area (Å²) in [5.74, 6) is 0.617. The molecule has 0 saturated carbocycles. The van der Waals surface area contributed by atoms with Gasteiger partial charge in [0, 0.05) is 0 Å². The highest BCUT2D eigenvalue weighted by molar-refractivity contribution is 5.63. The Bertz CT molecular complexity index is 531. The third kappa shape index (κ3) is 2.33. The molecule has 0 bridgehead atoms. The quantitative estimate of drug-likeness (QED) is 0.885. The van der Waals surface area contributed by atoms with E-state index in [-0.39, 0.29) is 5.82 Å². The van der Waals surface area contributed by atoms with E-state index in [0.29, 0.717) is 22.9 Å². The van der Waals surface area contributed by atoms with Crippen molar-refractivity contribution >= 4 is 11.5 Å². The van der Waals surface area contributed by atoms with Crippen LogP contribution in [0.25, 0.3) is 0 Å². The number of nitrogens with zero attached hydrogens (tertiary/aromatic N) is 2. The highest BCUT2D eigenvalue weighted by Gasteiger charge is 2.10. The van der Waals surface area contributed by atoms with Gasteiger partial charge in [-0.2, -0.15) is 0 Å². The normalized spacial score (nSPS) is 10.1. The minimum absolute atomic E-state index is 0.342. The maximum absolute atomic E-state index is 13.5. The number of aromatic nitrogens is 2. The molecule has 1 N–H and O–H groups in total. The van der Waals surface area contributed by atoms with Crippen molar-refractivity contribution < 1.29 is 9.13 Å². The zero-order valence-electron chi connectivity index (χ0n) is 9.57. The average molecular weight is 233 g/mol. The highest BCUT2D eigenvalue weighted by atomic mass is 19.1. The Morgan fingerprint density at radius 3 is 2.71 bits per heavy atom. The van der Waals surface area contributed by atoms with Gasteiger partial charge < -0.3 is 10.1 Å². The zero-order valence-corrected chi connectivity index (χ0v) is 9.57. The van der Waals surface area contributed by atoms with Crippen molar-refractivity contribution in [3.05, 3.63) is 42.1 Å². The van der Waals surface area contributed by atoms with E-state index in [9.17, 15) is 4.39 Å². The van der Waals surface area contributed by atoms with Crippen molar-refractivity contribution in [1.29, 1.82) is 0 Å². The van der Waals surface area contributed by atoms with Crippen LogP contribution in [0.5, 0.6) is 5.75 Å². The molecule has 5 heteroatoms. The van der Waals surface area contributed by atoms with Crippen LogP contribution in [0.4, 0.5) is 15.9 Å². The van der Waals surface area contributed by atoms with Crippen LogP contribution in [0, 0.1) is 12.7 Å². The summed E-state index contributed by atoms with van der Waals surface area (Å²) >= 11 is 0. The third-order valence-corrected chi connectivity index (χ3v) is 2.31. The fourth-order valence-corrected chi connectivity index (χ4v) is 1.49. The number of para-hydroxylation sites is 1. The second-order valence-corrected chi connectivity index (χ2v) is 3.45. The van der Waals surface area contributed by atoms with E-state index in [1.165, 1.54) is 19.5 Å². The van der Waals surface area contributed by atoms with Crippen LogP contribution in [0.2, 0.25) is 0 Å². The molecule has 0 spiro atoms. The summed E-state index contributed by atoms with van der Waals surface area (Å²) in [4.78, 5) is 8.04. The van der Waals surface area contributed by atoms with Crippen LogP contribution in [0.1, 0.15) is 5.69 Å². The number of nitrogens with one attached hydrogen (secondary N) is 1. The van der Waals surface area contributed by atoms with Gasteiger partial charge in [0.25, 0.3) is 0 Å². The molecule has 0 fully saturated rings. The summed E-state index contributed by atoms with van der Waals surface area (Å²) in [6.07, 6.45) is 1.40. The SMILES string of the molecule is COc1c(C)ncnc1Nc1ccccc1F. The van der Waals surface area contributed by atoms with E-state index < -0.39 is 0 Å². The first-order valence-electron chi connectivity index (χ1n) is 5.09. The molecule has 0 amide bonds. The number of rotatable bonds is 3. The predicted octanol–water partition coefficient (Wildman–Crippen LogP) is 2.68. The van der Waals surface area contributed by atoms with E-state index in [0.717, 1.165) is 0 Å². The van der Waals surface area contributed by atoms with Gasteiger partial charge in [-0.25, -0.2) is 14.4 Å². The molecule has 1 heterocycles. The number of methoxy groups -OCH3 is 1. The first-order valence-corrected chi connectivity index (χ1v) is 5.09. The first kappa shape index (κ1) is 11.3. The van der Waals surface area contributed by atoms with E-state index in [1.807, 2.05) is 0 Å². The molecule has 2 aromatic rings. The molecular weight excluding hydrogens is 221 g/mol. The number of ether oxygens (including phenoxy) is 1. The fourth-order valence-electron chi connectivity index (χ4n) is 1.49. The minimum Gasteiger partial charge on any atom is -0.491 e. The van der Waals surface area contributed by atoms with Gasteiger partial charge in [-0.05, 0) is 19.1 Å². The Hall–Kier alpha value is -2.17. The lowest BCUT2D eigenvalue weighted by atomic mass is 10.3. The zero-order chi connectivity index (χ0) is 12.3. The monoisotopic (exact) mass is 233 g/mol. The van der Waals surface area contributed by atoms with Crippen LogP contribution in [-0.4, -0.2) is 17.1 Å². The Labute approximate surface area is 98.5 Å². The highest BCUT2D eigenvalue weighted by Crippen LogP contribution is 2.27. The lowest BCUT2D eigenvalue weighted by Crippen LogP contribution is -2.01. The van der Waals surface area contributed by atoms with Crippen molar-refractivity contribution in [3.8, 4) is 5.75 Å². The standard InChI is InChI=1S/C12H12FN3O/c1-8-11(17-2)12(15-7-14-8)16-10-6-4-3-5-9(10)13/h3-7H,1-2H3,(H,14,15,16). The smallest absolute Gasteiger partial charge is 0.182 e. The lowest BCUT2D eigenvalue weighted by molar-refractivity contribution is 0.409. The Morgan fingerprint density at radius 2 is 2.00 bits per heavy atom. The van der Waals surface area contributed by atoms with Crippen LogP contribution in [0.15, 0.2) is 30.6 Å². The van der Waals surface area contributed by atoms with Gasteiger partial charge in [-0.1, -0.05) is 12.1 Å². The van der Waals surface area contributed by atoms with Crippen LogP contribution in [-0.2, 0) is 0 Å². The van der Waals surface area contributed by atoms with Crippen LogP contribution >= 0.6 is 0 Å². The molecule has 1 aromatic carbocycles. The molecule has 2 rings (SSSR count). The number of halogens is 1. The van der Waals surface area contributed by atoms with Crippen molar-refractivity contribution in [1.82, 2.24) is 9.97 Å². The van der Waals surface area contributed by atoms with Crippen LogP contribution < -0.4 is 10.1 Å². The lowest BCUT2D eigenvalue weighted by Gasteiger charge is -2.11. The number of hydrogen-bond acceptors (Lipinski definition) is 4. The first-order chi connectivity index (χ1) is 8.22. The van der Waals surface area contributed by atoms with Gasteiger partial charge in [-0.15, -0.1) is 0 Å². The van der Waals surface area contributed by atoms with Crippen molar-refractivity contribution in [2.75, 3.05) is 12.4 Å². The average Bonchev–Trinajstić information content (AvgIpc) is 2.32. The molecule has 0 saturated heterocycles.